The highest BCUT2D eigenvalue weighted by molar-refractivity contribution is 7.45. The zero-order chi connectivity index (χ0) is 43.4. The second-order valence-electron chi connectivity index (χ2n) is 17.1. The van der Waals surface area contributed by atoms with Crippen molar-refractivity contribution in [3.8, 4) is 0 Å². The number of hydrogen-bond acceptors (Lipinski definition) is 7. The van der Waals surface area contributed by atoms with Crippen molar-refractivity contribution < 1.29 is 37.3 Å². The molecule has 0 aliphatic rings. The lowest BCUT2D eigenvalue weighted by molar-refractivity contribution is -0.870. The van der Waals surface area contributed by atoms with Gasteiger partial charge < -0.3 is 27.9 Å². The van der Waals surface area contributed by atoms with Crippen LogP contribution < -0.4 is 4.89 Å². The fraction of sp³-hybridized carbons (Fsp3) is 0.780. The normalized spacial score (nSPS) is 14.2. The number of allylic oxidation sites excluding steroid dienone is 10. The van der Waals surface area contributed by atoms with Gasteiger partial charge in [0.2, 0.25) is 0 Å². The molecule has 0 aliphatic carbocycles. The molecule has 0 aromatic carbocycles. The van der Waals surface area contributed by atoms with Crippen molar-refractivity contribution in [2.24, 2.45) is 0 Å². The summed E-state index contributed by atoms with van der Waals surface area (Å²) in [6.45, 7) is 5.25. The van der Waals surface area contributed by atoms with E-state index >= 15 is 0 Å². The van der Waals surface area contributed by atoms with E-state index in [9.17, 15) is 14.3 Å². The van der Waals surface area contributed by atoms with E-state index in [1.54, 1.807) is 0 Å². The molecular formula is C50H92NO7P. The molecule has 0 saturated carbocycles. The second-order valence-corrected chi connectivity index (χ2v) is 18.5. The molecule has 2 unspecified atom stereocenters. The molecule has 0 saturated heterocycles. The van der Waals surface area contributed by atoms with Crippen LogP contribution in [0.5, 0.6) is 0 Å². The van der Waals surface area contributed by atoms with Gasteiger partial charge in [0, 0.05) is 13.0 Å². The molecule has 0 fully saturated rings. The van der Waals surface area contributed by atoms with E-state index in [2.05, 4.69) is 74.6 Å². The van der Waals surface area contributed by atoms with Gasteiger partial charge in [-0.05, 0) is 70.6 Å². The second kappa shape index (κ2) is 42.9. The monoisotopic (exact) mass is 850 g/mol. The van der Waals surface area contributed by atoms with Gasteiger partial charge in [0.1, 0.15) is 19.3 Å². The first kappa shape index (κ1) is 57.2. The molecule has 59 heavy (non-hydrogen) atoms. The summed E-state index contributed by atoms with van der Waals surface area (Å²) in [5.74, 6) is -0.340. The predicted molar refractivity (Wildman–Crippen MR) is 249 cm³/mol. The fourth-order valence-corrected chi connectivity index (χ4v) is 7.07. The molecule has 0 aliphatic heterocycles. The van der Waals surface area contributed by atoms with Crippen molar-refractivity contribution in [3.05, 3.63) is 60.8 Å². The Morgan fingerprint density at radius 1 is 0.542 bits per heavy atom. The Kier molecular flexibility index (Phi) is 41.6. The predicted octanol–water partition coefficient (Wildman–Crippen LogP) is 13.9. The fourth-order valence-electron chi connectivity index (χ4n) is 6.34. The molecule has 8 nitrogen and oxygen atoms in total. The summed E-state index contributed by atoms with van der Waals surface area (Å²) in [7, 11) is 1.35. The molecule has 0 amide bonds. The summed E-state index contributed by atoms with van der Waals surface area (Å²) in [5.41, 5.74) is 0. The van der Waals surface area contributed by atoms with Crippen molar-refractivity contribution in [2.45, 2.75) is 200 Å². The van der Waals surface area contributed by atoms with Gasteiger partial charge in [-0.1, -0.05) is 177 Å². The lowest BCUT2D eigenvalue weighted by Gasteiger charge is -2.28. The van der Waals surface area contributed by atoms with Crippen molar-refractivity contribution in [2.75, 3.05) is 54.1 Å². The minimum atomic E-state index is -4.53. The van der Waals surface area contributed by atoms with E-state index in [1.165, 1.54) is 116 Å². The van der Waals surface area contributed by atoms with E-state index in [0.29, 0.717) is 24.1 Å². The molecule has 0 aromatic rings. The van der Waals surface area contributed by atoms with E-state index in [1.807, 2.05) is 21.1 Å². The molecular weight excluding hydrogens is 758 g/mol. The molecule has 0 radical (unpaired) electrons. The number of nitrogens with zero attached hydrogens (tertiary/aromatic N) is 1. The SMILES string of the molecule is CC/C=C\C/C=C\C/C=C\C/C=C\CCCCCCCCCCCCCCC(=O)OC(COCCCCCCCC/C=C\CCCC)COP(=O)([O-])OCC[N+](C)(C)C. The maximum Gasteiger partial charge on any atom is 0.306 e. The minimum absolute atomic E-state index is 0.0229. The van der Waals surface area contributed by atoms with Gasteiger partial charge in [-0.15, -0.1) is 0 Å². The first-order valence-corrected chi connectivity index (χ1v) is 25.5. The number of carbonyl (C=O) groups excluding carboxylic acids is 1. The number of likely N-dealkylation sites (N-methyl/N-ethyl adjacent to an activating group) is 1. The number of hydrogen-bond donors (Lipinski definition) is 0. The van der Waals surface area contributed by atoms with Crippen LogP contribution in [-0.2, 0) is 27.9 Å². The Bertz CT molecular complexity index is 1130. The first-order valence-electron chi connectivity index (χ1n) is 24.0. The van der Waals surface area contributed by atoms with Gasteiger partial charge in [-0.25, -0.2) is 0 Å². The summed E-state index contributed by atoms with van der Waals surface area (Å²) in [6.07, 6.45) is 53.8. The summed E-state index contributed by atoms with van der Waals surface area (Å²) in [4.78, 5) is 25.1. The number of carbonyl (C=O) groups is 1. The average molecular weight is 850 g/mol. The quantitative estimate of drug-likeness (QED) is 0.0198. The van der Waals surface area contributed by atoms with Gasteiger partial charge in [0.05, 0.1) is 34.4 Å². The number of quaternary nitrogens is 1. The summed E-state index contributed by atoms with van der Waals surface area (Å²) < 4.78 is 34.6. The Morgan fingerprint density at radius 3 is 1.49 bits per heavy atom. The average Bonchev–Trinajstić information content (AvgIpc) is 3.19. The highest BCUT2D eigenvalue weighted by Crippen LogP contribution is 2.38. The van der Waals surface area contributed by atoms with Crippen LogP contribution in [0.1, 0.15) is 194 Å². The number of phosphoric acid groups is 1. The van der Waals surface area contributed by atoms with Gasteiger partial charge in [0.15, 0.2) is 0 Å². The highest BCUT2D eigenvalue weighted by Gasteiger charge is 2.20. The standard InChI is InChI=1S/C50H92NO7P/c1-6-8-10-12-14-16-18-20-21-22-23-24-25-26-27-28-29-30-31-32-33-35-37-39-41-43-50(52)58-49(48-57-59(53,54)56-46-44-51(3,4)5)47-55-45-42-40-38-36-34-19-17-15-13-11-9-7-2/h8,10,13-16,20-21,23-24,49H,6-7,9,11-12,17-19,22,25-48H2,1-5H3/b10-8-,15-13-,16-14-,21-20-,24-23-. The minimum Gasteiger partial charge on any atom is -0.756 e. The van der Waals surface area contributed by atoms with Gasteiger partial charge in [0.25, 0.3) is 7.82 Å². The third kappa shape index (κ3) is 47.1. The number of esters is 1. The number of ether oxygens (including phenoxy) is 2. The molecule has 0 aromatic heterocycles. The Morgan fingerprint density at radius 2 is 0.983 bits per heavy atom. The van der Waals surface area contributed by atoms with E-state index in [0.717, 1.165) is 57.8 Å². The van der Waals surface area contributed by atoms with Crippen LogP contribution in [0.4, 0.5) is 0 Å². The Balaban J connectivity index is 4.10. The molecule has 344 valence electrons. The third-order valence-electron chi connectivity index (χ3n) is 10.1. The molecule has 9 heteroatoms. The largest absolute Gasteiger partial charge is 0.756 e. The third-order valence-corrected chi connectivity index (χ3v) is 11.0. The van der Waals surface area contributed by atoms with Crippen LogP contribution in [0.15, 0.2) is 60.8 Å². The van der Waals surface area contributed by atoms with Crippen LogP contribution >= 0.6 is 7.82 Å². The van der Waals surface area contributed by atoms with E-state index in [4.69, 9.17) is 18.5 Å². The summed E-state index contributed by atoms with van der Waals surface area (Å²) >= 11 is 0. The lowest BCUT2D eigenvalue weighted by atomic mass is 10.0. The molecule has 0 spiro atoms. The van der Waals surface area contributed by atoms with Crippen LogP contribution in [-0.4, -0.2) is 70.7 Å². The topological polar surface area (TPSA) is 94.1 Å². The van der Waals surface area contributed by atoms with Crippen molar-refractivity contribution in [1.82, 2.24) is 0 Å². The molecule has 0 heterocycles. The van der Waals surface area contributed by atoms with Crippen molar-refractivity contribution in [1.29, 1.82) is 0 Å². The summed E-state index contributed by atoms with van der Waals surface area (Å²) in [6, 6.07) is 0. The zero-order valence-corrected chi connectivity index (χ0v) is 39.8. The highest BCUT2D eigenvalue weighted by atomic mass is 31.2. The van der Waals surface area contributed by atoms with E-state index in [-0.39, 0.29) is 25.8 Å². The van der Waals surface area contributed by atoms with Crippen molar-refractivity contribution in [3.63, 3.8) is 0 Å². The van der Waals surface area contributed by atoms with Gasteiger partial charge in [-0.3, -0.25) is 9.36 Å². The zero-order valence-electron chi connectivity index (χ0n) is 38.9. The van der Waals surface area contributed by atoms with Crippen LogP contribution in [0.2, 0.25) is 0 Å². The lowest BCUT2D eigenvalue weighted by Crippen LogP contribution is -2.37. The van der Waals surface area contributed by atoms with Gasteiger partial charge in [-0.2, -0.15) is 0 Å². The Hall–Kier alpha value is -1.80. The molecule has 2 atom stereocenters. The first-order chi connectivity index (χ1) is 28.6. The van der Waals surface area contributed by atoms with Crippen molar-refractivity contribution >= 4 is 13.8 Å². The van der Waals surface area contributed by atoms with Crippen LogP contribution in [0.3, 0.4) is 0 Å². The Labute approximate surface area is 364 Å². The molecule has 0 N–H and O–H groups in total. The van der Waals surface area contributed by atoms with Gasteiger partial charge >= 0.3 is 5.97 Å². The smallest absolute Gasteiger partial charge is 0.306 e. The van der Waals surface area contributed by atoms with Crippen LogP contribution in [0, 0.1) is 0 Å². The van der Waals surface area contributed by atoms with Crippen LogP contribution in [0.25, 0.3) is 0 Å². The molecule has 0 rings (SSSR count). The number of unbranched alkanes of at least 4 members (excludes halogenated alkanes) is 20. The maximum atomic E-state index is 12.7. The summed E-state index contributed by atoms with van der Waals surface area (Å²) in [5, 5.41) is 0. The maximum absolute atomic E-state index is 12.7. The number of phosphoric ester groups is 1. The molecule has 0 bridgehead atoms. The van der Waals surface area contributed by atoms with E-state index < -0.39 is 13.9 Å². The number of rotatable bonds is 44.